The lowest BCUT2D eigenvalue weighted by Crippen LogP contribution is -2.22. The molecule has 3 heterocycles. The van der Waals surface area contributed by atoms with Gasteiger partial charge in [0.1, 0.15) is 10.4 Å². The second-order valence-electron chi connectivity index (χ2n) is 8.36. The summed E-state index contributed by atoms with van der Waals surface area (Å²) in [7, 11) is 0. The van der Waals surface area contributed by atoms with Crippen molar-refractivity contribution in [1.29, 1.82) is 0 Å². The van der Waals surface area contributed by atoms with Crippen molar-refractivity contribution in [2.24, 2.45) is 5.92 Å². The number of carbonyl (C=O) groups excluding carboxylic acids is 1. The predicted octanol–water partition coefficient (Wildman–Crippen LogP) is 4.31. The van der Waals surface area contributed by atoms with Gasteiger partial charge >= 0.3 is 11.7 Å². The second kappa shape index (κ2) is 8.47. The number of ether oxygens (including phenoxy) is 1. The van der Waals surface area contributed by atoms with Crippen LogP contribution in [0.1, 0.15) is 36.3 Å². The van der Waals surface area contributed by atoms with Gasteiger partial charge < -0.3 is 9.15 Å². The molecule has 33 heavy (non-hydrogen) atoms. The summed E-state index contributed by atoms with van der Waals surface area (Å²) >= 11 is 1.61. The van der Waals surface area contributed by atoms with Crippen molar-refractivity contribution in [3.8, 4) is 0 Å². The average Bonchev–Trinajstić information content (AvgIpc) is 3.13. The number of aromatic nitrogens is 2. The highest BCUT2D eigenvalue weighted by Gasteiger charge is 2.23. The number of nitrogens with one attached hydrogen (secondary N) is 1. The SMILES string of the molecule is CCOC(=O)Nc1ccc2c(Cn3cnc4sc5c(c4c3=O)CCC(C)C5)cc(=O)oc2c1. The molecule has 1 N–H and O–H groups in total. The van der Waals surface area contributed by atoms with Crippen molar-refractivity contribution < 1.29 is 13.9 Å². The summed E-state index contributed by atoms with van der Waals surface area (Å²) in [6.07, 6.45) is 3.91. The molecule has 1 unspecified atom stereocenters. The fraction of sp³-hybridized carbons (Fsp3) is 0.333. The summed E-state index contributed by atoms with van der Waals surface area (Å²) in [4.78, 5) is 43.9. The largest absolute Gasteiger partial charge is 0.450 e. The van der Waals surface area contributed by atoms with E-state index in [4.69, 9.17) is 9.15 Å². The zero-order valence-corrected chi connectivity index (χ0v) is 19.2. The first-order valence-electron chi connectivity index (χ1n) is 10.9. The van der Waals surface area contributed by atoms with Crippen LogP contribution in [-0.2, 0) is 24.1 Å². The quantitative estimate of drug-likeness (QED) is 0.451. The number of benzene rings is 1. The second-order valence-corrected chi connectivity index (χ2v) is 9.44. The molecule has 5 rings (SSSR count). The first-order chi connectivity index (χ1) is 15.9. The Morgan fingerprint density at radius 1 is 1.33 bits per heavy atom. The minimum Gasteiger partial charge on any atom is -0.450 e. The van der Waals surface area contributed by atoms with Gasteiger partial charge in [0.25, 0.3) is 5.56 Å². The van der Waals surface area contributed by atoms with Crippen molar-refractivity contribution in [2.45, 2.75) is 39.7 Å². The van der Waals surface area contributed by atoms with E-state index < -0.39 is 11.7 Å². The first kappa shape index (κ1) is 21.4. The summed E-state index contributed by atoms with van der Waals surface area (Å²) in [5.41, 5.74) is 1.91. The first-order valence-corrected chi connectivity index (χ1v) is 11.7. The van der Waals surface area contributed by atoms with Gasteiger partial charge in [-0.25, -0.2) is 14.6 Å². The third kappa shape index (κ3) is 4.04. The molecule has 0 aliphatic heterocycles. The Morgan fingerprint density at radius 2 is 2.18 bits per heavy atom. The summed E-state index contributed by atoms with van der Waals surface area (Å²) < 4.78 is 11.8. The standard InChI is InChI=1S/C24H23N3O5S/c1-3-31-24(30)26-15-5-7-16-14(9-20(28)32-18(16)10-15)11-27-12-25-22-21(23(27)29)17-6-4-13(2)8-19(17)33-22/h5,7,9-10,12-13H,3-4,6,8,11H2,1-2H3,(H,26,30). The Hall–Kier alpha value is -3.46. The molecule has 0 fully saturated rings. The highest BCUT2D eigenvalue weighted by Crippen LogP contribution is 2.35. The number of amides is 1. The zero-order chi connectivity index (χ0) is 23.1. The summed E-state index contributed by atoms with van der Waals surface area (Å²) in [5.74, 6) is 0.617. The molecule has 9 heteroatoms. The highest BCUT2D eigenvalue weighted by atomic mass is 32.1. The van der Waals surface area contributed by atoms with Crippen LogP contribution in [0.25, 0.3) is 21.2 Å². The molecule has 0 saturated carbocycles. The van der Waals surface area contributed by atoms with E-state index in [9.17, 15) is 14.4 Å². The lowest BCUT2D eigenvalue weighted by atomic mass is 9.89. The smallest absolute Gasteiger partial charge is 0.411 e. The van der Waals surface area contributed by atoms with Crippen LogP contribution in [0.5, 0.6) is 0 Å². The van der Waals surface area contributed by atoms with Crippen LogP contribution in [0.3, 0.4) is 0 Å². The van der Waals surface area contributed by atoms with E-state index >= 15 is 0 Å². The Bertz CT molecular complexity index is 1500. The van der Waals surface area contributed by atoms with Gasteiger partial charge in [0.2, 0.25) is 0 Å². The Labute approximate surface area is 192 Å². The molecule has 3 aromatic heterocycles. The molecule has 0 radical (unpaired) electrons. The third-order valence-corrected chi connectivity index (χ3v) is 7.14. The van der Waals surface area contributed by atoms with Gasteiger partial charge in [0, 0.05) is 28.1 Å². The minimum absolute atomic E-state index is 0.0889. The highest BCUT2D eigenvalue weighted by molar-refractivity contribution is 7.18. The zero-order valence-electron chi connectivity index (χ0n) is 18.3. The molecule has 0 saturated heterocycles. The van der Waals surface area contributed by atoms with Crippen LogP contribution in [0.15, 0.2) is 44.6 Å². The molecular formula is C24H23N3O5S. The molecule has 0 bridgehead atoms. The number of nitrogens with zero attached hydrogens (tertiary/aromatic N) is 2. The van der Waals surface area contributed by atoms with E-state index in [1.165, 1.54) is 10.9 Å². The number of carbonyl (C=O) groups is 1. The number of aryl methyl sites for hydroxylation is 1. The molecule has 1 atom stereocenters. The fourth-order valence-corrected chi connectivity index (χ4v) is 5.73. The van der Waals surface area contributed by atoms with E-state index in [0.717, 1.165) is 29.7 Å². The number of anilines is 1. The van der Waals surface area contributed by atoms with Crippen LogP contribution in [0, 0.1) is 5.92 Å². The van der Waals surface area contributed by atoms with E-state index in [2.05, 4.69) is 17.2 Å². The number of hydrogen-bond acceptors (Lipinski definition) is 7. The van der Waals surface area contributed by atoms with Crippen LogP contribution in [0.4, 0.5) is 10.5 Å². The fourth-order valence-electron chi connectivity index (χ4n) is 4.39. The monoisotopic (exact) mass is 465 g/mol. The van der Waals surface area contributed by atoms with Gasteiger partial charge in [-0.05, 0) is 55.4 Å². The van der Waals surface area contributed by atoms with Crippen molar-refractivity contribution in [3.63, 3.8) is 0 Å². The molecule has 1 amide bonds. The van der Waals surface area contributed by atoms with Crippen molar-refractivity contribution in [2.75, 3.05) is 11.9 Å². The lowest BCUT2D eigenvalue weighted by molar-refractivity contribution is 0.168. The maximum absolute atomic E-state index is 13.4. The van der Waals surface area contributed by atoms with E-state index in [1.807, 2.05) is 0 Å². The van der Waals surface area contributed by atoms with Gasteiger partial charge in [-0.1, -0.05) is 6.92 Å². The maximum atomic E-state index is 13.4. The van der Waals surface area contributed by atoms with Crippen molar-refractivity contribution in [3.05, 3.63) is 67.4 Å². The number of rotatable bonds is 4. The van der Waals surface area contributed by atoms with Gasteiger partial charge in [0.15, 0.2) is 0 Å². The summed E-state index contributed by atoms with van der Waals surface area (Å²) in [5, 5.41) is 3.98. The molecule has 1 aliphatic carbocycles. The Morgan fingerprint density at radius 3 is 3.00 bits per heavy atom. The summed E-state index contributed by atoms with van der Waals surface area (Å²) in [6, 6.07) is 6.41. The molecule has 1 aliphatic rings. The maximum Gasteiger partial charge on any atom is 0.411 e. The molecular weight excluding hydrogens is 442 g/mol. The van der Waals surface area contributed by atoms with E-state index in [-0.39, 0.29) is 18.7 Å². The van der Waals surface area contributed by atoms with Crippen LogP contribution in [-0.4, -0.2) is 22.3 Å². The number of thiophene rings is 1. The van der Waals surface area contributed by atoms with Crippen LogP contribution >= 0.6 is 11.3 Å². The molecule has 4 aromatic rings. The summed E-state index contributed by atoms with van der Waals surface area (Å²) in [6.45, 7) is 4.39. The van der Waals surface area contributed by atoms with Gasteiger partial charge in [-0.3, -0.25) is 14.7 Å². The number of fused-ring (bicyclic) bond motifs is 4. The van der Waals surface area contributed by atoms with E-state index in [0.29, 0.717) is 33.5 Å². The van der Waals surface area contributed by atoms with Crippen molar-refractivity contribution >= 4 is 44.3 Å². The molecule has 0 spiro atoms. The lowest BCUT2D eigenvalue weighted by Gasteiger charge is -2.17. The third-order valence-electron chi connectivity index (χ3n) is 5.97. The van der Waals surface area contributed by atoms with Gasteiger partial charge in [-0.2, -0.15) is 0 Å². The Kier molecular flexibility index (Phi) is 5.49. The van der Waals surface area contributed by atoms with E-state index in [1.54, 1.807) is 47.4 Å². The van der Waals surface area contributed by atoms with Crippen LogP contribution < -0.4 is 16.5 Å². The normalized spacial score (nSPS) is 15.5. The predicted molar refractivity (Wildman–Crippen MR) is 127 cm³/mol. The molecule has 8 nitrogen and oxygen atoms in total. The average molecular weight is 466 g/mol. The topological polar surface area (TPSA) is 103 Å². The Balaban J connectivity index is 1.53. The minimum atomic E-state index is -0.588. The van der Waals surface area contributed by atoms with Gasteiger partial charge in [0.05, 0.1) is 24.9 Å². The molecule has 170 valence electrons. The van der Waals surface area contributed by atoms with Crippen molar-refractivity contribution in [1.82, 2.24) is 9.55 Å². The van der Waals surface area contributed by atoms with Crippen LogP contribution in [0.2, 0.25) is 0 Å². The number of hydrogen-bond donors (Lipinski definition) is 1. The van der Waals surface area contributed by atoms with Gasteiger partial charge in [-0.15, -0.1) is 11.3 Å². The molecule has 1 aromatic carbocycles.